The minimum Gasteiger partial charge on any atom is -0.477 e. The number of nitrogens with one attached hydrogen (secondary N) is 1. The van der Waals surface area contributed by atoms with E-state index in [9.17, 15) is 14.9 Å². The number of hydrogen-bond acceptors (Lipinski definition) is 6. The number of carbonyl (C=O) groups excluding carboxylic acids is 1. The maximum atomic E-state index is 12.4. The molecule has 9 nitrogen and oxygen atoms in total. The van der Waals surface area contributed by atoms with Crippen molar-refractivity contribution >= 4 is 28.3 Å². The van der Waals surface area contributed by atoms with Crippen molar-refractivity contribution in [2.24, 2.45) is 0 Å². The Kier molecular flexibility index (Phi) is 6.03. The summed E-state index contributed by atoms with van der Waals surface area (Å²) in [4.78, 5) is 24.5. The predicted molar refractivity (Wildman–Crippen MR) is 125 cm³/mol. The zero-order valence-corrected chi connectivity index (χ0v) is 18.5. The van der Waals surface area contributed by atoms with E-state index in [0.29, 0.717) is 22.6 Å². The van der Waals surface area contributed by atoms with Crippen molar-refractivity contribution in [3.8, 4) is 11.4 Å². The molecule has 1 N–H and O–H groups in total. The number of fused-ring (bicyclic) bond motifs is 1. The van der Waals surface area contributed by atoms with Gasteiger partial charge in [0.05, 0.1) is 10.6 Å². The van der Waals surface area contributed by atoms with E-state index in [-0.39, 0.29) is 18.0 Å². The van der Waals surface area contributed by atoms with Crippen LogP contribution in [-0.4, -0.2) is 32.4 Å². The van der Waals surface area contributed by atoms with Crippen molar-refractivity contribution in [1.29, 1.82) is 0 Å². The normalized spacial score (nSPS) is 11.0. The lowest BCUT2D eigenvalue weighted by molar-refractivity contribution is -0.385. The van der Waals surface area contributed by atoms with Gasteiger partial charge in [-0.1, -0.05) is 38.1 Å². The first-order valence-electron chi connectivity index (χ1n) is 10.5. The molecule has 4 rings (SSSR count). The number of benzene rings is 3. The molecule has 0 fully saturated rings. The highest BCUT2D eigenvalue weighted by Gasteiger charge is 2.16. The highest BCUT2D eigenvalue weighted by atomic mass is 16.6. The Bertz CT molecular complexity index is 1330. The topological polar surface area (TPSA) is 112 Å². The minimum atomic E-state index is -0.551. The molecule has 0 bridgehead atoms. The lowest BCUT2D eigenvalue weighted by Gasteiger charge is -2.09. The van der Waals surface area contributed by atoms with Crippen molar-refractivity contribution in [3.63, 3.8) is 0 Å². The molecule has 168 valence electrons. The van der Waals surface area contributed by atoms with Crippen molar-refractivity contribution in [2.75, 3.05) is 11.9 Å². The molecule has 1 amide bonds. The molecule has 1 aromatic heterocycles. The van der Waals surface area contributed by atoms with Crippen LogP contribution in [0.2, 0.25) is 0 Å². The van der Waals surface area contributed by atoms with Gasteiger partial charge in [-0.05, 0) is 54.3 Å². The van der Waals surface area contributed by atoms with E-state index >= 15 is 0 Å². The first kappa shape index (κ1) is 21.9. The third-order valence-corrected chi connectivity index (χ3v) is 5.21. The fourth-order valence-corrected chi connectivity index (χ4v) is 3.37. The molecule has 1 heterocycles. The Labute approximate surface area is 190 Å². The number of para-hydroxylation sites is 2. The van der Waals surface area contributed by atoms with Gasteiger partial charge in [0, 0.05) is 11.8 Å². The van der Waals surface area contributed by atoms with Gasteiger partial charge in [-0.25, -0.2) is 0 Å². The van der Waals surface area contributed by atoms with E-state index in [1.54, 1.807) is 16.9 Å². The van der Waals surface area contributed by atoms with Crippen LogP contribution in [0.4, 0.5) is 11.4 Å². The van der Waals surface area contributed by atoms with Gasteiger partial charge in [0.1, 0.15) is 11.0 Å². The number of aryl methyl sites for hydroxylation is 1. The molecule has 0 saturated heterocycles. The second kappa shape index (κ2) is 9.07. The standard InChI is InChI=1S/C24H23N5O4/c1-15(2)17-8-10-18(11-9-17)28-26-20-12-16(3)19(13-21(20)27-28)25-24(30)14-33-23-7-5-4-6-22(23)29(31)32/h4-13,15H,14H2,1-3H3,(H,25,30). The Morgan fingerprint density at radius 3 is 2.42 bits per heavy atom. The summed E-state index contributed by atoms with van der Waals surface area (Å²) in [5.74, 6) is 0.0399. The highest BCUT2D eigenvalue weighted by molar-refractivity contribution is 5.95. The molecule has 0 aliphatic carbocycles. The Hall–Kier alpha value is -4.27. The summed E-state index contributed by atoms with van der Waals surface area (Å²) in [6.45, 7) is 5.77. The number of anilines is 1. The van der Waals surface area contributed by atoms with Gasteiger partial charge in [-0.2, -0.15) is 4.80 Å². The monoisotopic (exact) mass is 445 g/mol. The number of amides is 1. The highest BCUT2D eigenvalue weighted by Crippen LogP contribution is 2.26. The summed E-state index contributed by atoms with van der Waals surface area (Å²) < 4.78 is 5.36. The summed E-state index contributed by atoms with van der Waals surface area (Å²) in [5.41, 5.74) is 4.60. The molecule has 0 spiro atoms. The van der Waals surface area contributed by atoms with E-state index in [4.69, 9.17) is 4.74 Å². The van der Waals surface area contributed by atoms with Gasteiger partial charge in [0.15, 0.2) is 12.4 Å². The zero-order valence-electron chi connectivity index (χ0n) is 18.5. The van der Waals surface area contributed by atoms with E-state index in [1.807, 2.05) is 25.1 Å². The van der Waals surface area contributed by atoms with Crippen LogP contribution in [0.3, 0.4) is 0 Å². The van der Waals surface area contributed by atoms with Crippen molar-refractivity contribution < 1.29 is 14.5 Å². The molecule has 33 heavy (non-hydrogen) atoms. The van der Waals surface area contributed by atoms with Crippen molar-refractivity contribution in [1.82, 2.24) is 15.0 Å². The summed E-state index contributed by atoms with van der Waals surface area (Å²) in [5, 5.41) is 23.0. The van der Waals surface area contributed by atoms with E-state index in [0.717, 1.165) is 11.3 Å². The average Bonchev–Trinajstić information content (AvgIpc) is 3.20. The van der Waals surface area contributed by atoms with Crippen LogP contribution in [0.15, 0.2) is 60.7 Å². The molecular formula is C24H23N5O4. The Balaban J connectivity index is 1.50. The average molecular weight is 445 g/mol. The number of nitrogens with zero attached hydrogens (tertiary/aromatic N) is 4. The number of aromatic nitrogens is 3. The van der Waals surface area contributed by atoms with Gasteiger partial charge in [0.2, 0.25) is 0 Å². The molecule has 0 aliphatic heterocycles. The van der Waals surface area contributed by atoms with Crippen LogP contribution in [-0.2, 0) is 4.79 Å². The number of rotatable bonds is 7. The molecule has 0 unspecified atom stereocenters. The Morgan fingerprint density at radius 2 is 1.76 bits per heavy atom. The lowest BCUT2D eigenvalue weighted by Crippen LogP contribution is -2.21. The molecule has 0 aliphatic rings. The molecule has 9 heteroatoms. The first-order chi connectivity index (χ1) is 15.8. The van der Waals surface area contributed by atoms with Crippen LogP contribution < -0.4 is 10.1 Å². The maximum Gasteiger partial charge on any atom is 0.310 e. The summed E-state index contributed by atoms with van der Waals surface area (Å²) in [6, 6.07) is 17.6. The maximum absolute atomic E-state index is 12.4. The van der Waals surface area contributed by atoms with Gasteiger partial charge in [-0.15, -0.1) is 10.2 Å². The second-order valence-electron chi connectivity index (χ2n) is 7.95. The van der Waals surface area contributed by atoms with Gasteiger partial charge in [0.25, 0.3) is 5.91 Å². The number of nitro groups is 1. The predicted octanol–water partition coefficient (Wildman–Crippen LogP) is 4.78. The number of ether oxygens (including phenoxy) is 1. The van der Waals surface area contributed by atoms with E-state index < -0.39 is 10.8 Å². The third kappa shape index (κ3) is 4.82. The fraction of sp³-hybridized carbons (Fsp3) is 0.208. The molecule has 4 aromatic rings. The number of hydrogen-bond donors (Lipinski definition) is 1. The molecule has 0 saturated carbocycles. The second-order valence-corrected chi connectivity index (χ2v) is 7.95. The summed E-state index contributed by atoms with van der Waals surface area (Å²) in [6.07, 6.45) is 0. The van der Waals surface area contributed by atoms with Crippen LogP contribution in [0.5, 0.6) is 5.75 Å². The van der Waals surface area contributed by atoms with Gasteiger partial charge < -0.3 is 10.1 Å². The lowest BCUT2D eigenvalue weighted by atomic mass is 10.0. The van der Waals surface area contributed by atoms with Gasteiger partial charge >= 0.3 is 5.69 Å². The van der Waals surface area contributed by atoms with Crippen molar-refractivity contribution in [2.45, 2.75) is 26.7 Å². The smallest absolute Gasteiger partial charge is 0.310 e. The molecule has 3 aromatic carbocycles. The number of nitro benzene ring substituents is 1. The SMILES string of the molecule is Cc1cc2nn(-c3ccc(C(C)C)cc3)nc2cc1NC(=O)COc1ccccc1[N+](=O)[O-]. The third-order valence-electron chi connectivity index (χ3n) is 5.21. The first-order valence-corrected chi connectivity index (χ1v) is 10.5. The molecular weight excluding hydrogens is 422 g/mol. The zero-order chi connectivity index (χ0) is 23.5. The summed E-state index contributed by atoms with van der Waals surface area (Å²) >= 11 is 0. The number of carbonyl (C=O) groups is 1. The van der Waals surface area contributed by atoms with Crippen LogP contribution >= 0.6 is 0 Å². The molecule has 0 atom stereocenters. The minimum absolute atomic E-state index is 0.0382. The van der Waals surface area contributed by atoms with Crippen LogP contribution in [0.25, 0.3) is 16.7 Å². The Morgan fingerprint density at radius 1 is 1.09 bits per heavy atom. The quantitative estimate of drug-likeness (QED) is 0.324. The fourth-order valence-electron chi connectivity index (χ4n) is 3.37. The van der Waals surface area contributed by atoms with E-state index in [2.05, 4.69) is 41.5 Å². The van der Waals surface area contributed by atoms with Gasteiger partial charge in [-0.3, -0.25) is 14.9 Å². The van der Waals surface area contributed by atoms with Crippen LogP contribution in [0, 0.1) is 17.0 Å². The van der Waals surface area contributed by atoms with E-state index in [1.165, 1.54) is 23.8 Å². The van der Waals surface area contributed by atoms with Crippen molar-refractivity contribution in [3.05, 3.63) is 81.9 Å². The summed E-state index contributed by atoms with van der Waals surface area (Å²) in [7, 11) is 0. The molecule has 0 radical (unpaired) electrons. The largest absolute Gasteiger partial charge is 0.477 e. The van der Waals surface area contributed by atoms with Crippen LogP contribution in [0.1, 0.15) is 30.9 Å².